The maximum atomic E-state index is 13.1. The van der Waals surface area contributed by atoms with Gasteiger partial charge in [-0.2, -0.15) is 4.31 Å². The number of aryl methyl sites for hydroxylation is 1. The highest BCUT2D eigenvalue weighted by Crippen LogP contribution is 2.36. The third-order valence-corrected chi connectivity index (χ3v) is 8.86. The summed E-state index contributed by atoms with van der Waals surface area (Å²) < 4.78 is 33.4. The van der Waals surface area contributed by atoms with Gasteiger partial charge in [-0.05, 0) is 49.4 Å². The van der Waals surface area contributed by atoms with E-state index in [1.807, 2.05) is 11.8 Å². The first-order valence-corrected chi connectivity index (χ1v) is 14.2. The van der Waals surface area contributed by atoms with Gasteiger partial charge in [-0.1, -0.05) is 47.5 Å². The van der Waals surface area contributed by atoms with Crippen LogP contribution in [0.5, 0.6) is 0 Å². The van der Waals surface area contributed by atoms with Crippen molar-refractivity contribution in [1.29, 1.82) is 0 Å². The molecule has 0 aliphatic carbocycles. The molecule has 40 heavy (non-hydrogen) atoms. The molecule has 1 fully saturated rings. The van der Waals surface area contributed by atoms with Crippen LogP contribution >= 0.6 is 11.6 Å². The third kappa shape index (κ3) is 5.44. The van der Waals surface area contributed by atoms with Crippen molar-refractivity contribution in [1.82, 2.24) is 4.31 Å². The molecule has 2 heterocycles. The second-order valence-corrected chi connectivity index (χ2v) is 11.6. The largest absolute Gasteiger partial charge is 0.451 e. The Morgan fingerprint density at radius 3 is 2.35 bits per heavy atom. The highest BCUT2D eigenvalue weighted by molar-refractivity contribution is 7.89. The lowest BCUT2D eigenvalue weighted by atomic mass is 10.1. The number of nitro groups is 1. The summed E-state index contributed by atoms with van der Waals surface area (Å²) >= 11 is 6.55. The van der Waals surface area contributed by atoms with Crippen LogP contribution in [-0.2, 0) is 10.0 Å². The molecule has 0 bridgehead atoms. The Bertz CT molecular complexity index is 1680. The van der Waals surface area contributed by atoms with Gasteiger partial charge in [0.05, 0.1) is 31.8 Å². The second-order valence-electron chi connectivity index (χ2n) is 9.23. The molecule has 4 aromatic rings. The van der Waals surface area contributed by atoms with Crippen molar-refractivity contribution in [2.24, 2.45) is 0 Å². The minimum Gasteiger partial charge on any atom is -0.451 e. The van der Waals surface area contributed by atoms with E-state index in [-0.39, 0.29) is 40.8 Å². The Morgan fingerprint density at radius 2 is 1.65 bits per heavy atom. The van der Waals surface area contributed by atoms with E-state index in [9.17, 15) is 23.3 Å². The highest BCUT2D eigenvalue weighted by atomic mass is 35.5. The molecule has 1 saturated heterocycles. The number of furan rings is 1. The summed E-state index contributed by atoms with van der Waals surface area (Å²) in [5, 5.41) is 14.6. The number of rotatable bonds is 7. The van der Waals surface area contributed by atoms with Crippen LogP contribution in [0.4, 0.5) is 17.1 Å². The first kappa shape index (κ1) is 27.4. The van der Waals surface area contributed by atoms with Crippen LogP contribution in [0.25, 0.3) is 11.3 Å². The van der Waals surface area contributed by atoms with Crippen molar-refractivity contribution in [3.05, 3.63) is 105 Å². The molecule has 0 radical (unpaired) electrons. The number of hydrogen-bond acceptors (Lipinski definition) is 7. The predicted molar refractivity (Wildman–Crippen MR) is 152 cm³/mol. The summed E-state index contributed by atoms with van der Waals surface area (Å²) in [6.07, 6.45) is 0. The first-order chi connectivity index (χ1) is 19.1. The molecule has 0 spiro atoms. The number of anilines is 2. The summed E-state index contributed by atoms with van der Waals surface area (Å²) in [5.41, 5.74) is 2.09. The third-order valence-electron chi connectivity index (χ3n) is 6.64. The molecule has 1 aliphatic rings. The van der Waals surface area contributed by atoms with Crippen LogP contribution in [0.15, 0.2) is 88.2 Å². The molecule has 1 aliphatic heterocycles. The minimum absolute atomic E-state index is 0.0342. The Hall–Kier alpha value is -4.19. The molecule has 3 aromatic carbocycles. The van der Waals surface area contributed by atoms with Crippen molar-refractivity contribution in [3.63, 3.8) is 0 Å². The maximum absolute atomic E-state index is 13.1. The molecule has 12 heteroatoms. The number of carbonyl (C=O) groups excluding carboxylic acids is 1. The number of nitrogens with zero attached hydrogens (tertiary/aromatic N) is 3. The van der Waals surface area contributed by atoms with Gasteiger partial charge in [-0.25, -0.2) is 8.42 Å². The van der Waals surface area contributed by atoms with Gasteiger partial charge < -0.3 is 14.6 Å². The van der Waals surface area contributed by atoms with Gasteiger partial charge in [0.2, 0.25) is 10.0 Å². The fourth-order valence-electron chi connectivity index (χ4n) is 4.58. The Morgan fingerprint density at radius 1 is 0.950 bits per heavy atom. The van der Waals surface area contributed by atoms with E-state index in [1.165, 1.54) is 22.5 Å². The fraction of sp³-hybridized carbons (Fsp3) is 0.179. The van der Waals surface area contributed by atoms with E-state index in [1.54, 1.807) is 60.7 Å². The van der Waals surface area contributed by atoms with E-state index in [0.29, 0.717) is 29.5 Å². The van der Waals surface area contributed by atoms with Gasteiger partial charge in [0.15, 0.2) is 5.76 Å². The number of halogens is 1. The number of hydrogen-bond donors (Lipinski definition) is 1. The van der Waals surface area contributed by atoms with Crippen LogP contribution in [0.2, 0.25) is 5.02 Å². The van der Waals surface area contributed by atoms with E-state index >= 15 is 0 Å². The highest BCUT2D eigenvalue weighted by Gasteiger charge is 2.30. The molecule has 5 rings (SSSR count). The predicted octanol–water partition coefficient (Wildman–Crippen LogP) is 5.58. The van der Waals surface area contributed by atoms with Crippen molar-refractivity contribution in [2.45, 2.75) is 11.8 Å². The molecule has 0 atom stereocenters. The van der Waals surface area contributed by atoms with E-state index < -0.39 is 20.9 Å². The van der Waals surface area contributed by atoms with Crippen LogP contribution in [0.1, 0.15) is 16.1 Å². The number of benzene rings is 3. The van der Waals surface area contributed by atoms with Crippen LogP contribution in [-0.4, -0.2) is 49.7 Å². The van der Waals surface area contributed by atoms with Gasteiger partial charge in [0, 0.05) is 32.2 Å². The SMILES string of the molecule is Cc1ccc(S(=O)(=O)N2CCN(c3c(Cl)cccc3NC(=O)c3ccc(-c4ccccc4[N+](=O)[O-])o3)CC2)cc1. The Balaban J connectivity index is 1.32. The van der Waals surface area contributed by atoms with Crippen molar-refractivity contribution in [2.75, 3.05) is 36.4 Å². The zero-order chi connectivity index (χ0) is 28.4. The second kappa shape index (κ2) is 11.1. The molecule has 1 amide bonds. The average Bonchev–Trinajstić information content (AvgIpc) is 3.44. The van der Waals surface area contributed by atoms with Gasteiger partial charge >= 0.3 is 0 Å². The van der Waals surface area contributed by atoms with Crippen molar-refractivity contribution < 1.29 is 22.6 Å². The molecule has 0 unspecified atom stereocenters. The van der Waals surface area contributed by atoms with Gasteiger partial charge in [0.1, 0.15) is 5.76 Å². The number of para-hydroxylation sites is 2. The number of amides is 1. The zero-order valence-corrected chi connectivity index (χ0v) is 23.0. The zero-order valence-electron chi connectivity index (χ0n) is 21.4. The number of carbonyl (C=O) groups is 1. The van der Waals surface area contributed by atoms with Crippen LogP contribution in [0.3, 0.4) is 0 Å². The van der Waals surface area contributed by atoms with Crippen molar-refractivity contribution in [3.8, 4) is 11.3 Å². The molecular weight excluding hydrogens is 556 g/mol. The quantitative estimate of drug-likeness (QED) is 0.223. The molecule has 0 saturated carbocycles. The van der Waals surface area contributed by atoms with Gasteiger partial charge in [-0.15, -0.1) is 0 Å². The summed E-state index contributed by atoms with van der Waals surface area (Å²) in [4.78, 5) is 26.2. The lowest BCUT2D eigenvalue weighted by Crippen LogP contribution is -2.49. The molecular formula is C28H25ClN4O6S. The van der Waals surface area contributed by atoms with Crippen LogP contribution in [0, 0.1) is 17.0 Å². The minimum atomic E-state index is -3.64. The number of nitro benzene ring substituents is 1. The number of piperazine rings is 1. The fourth-order valence-corrected chi connectivity index (χ4v) is 6.30. The molecule has 206 valence electrons. The van der Waals surface area contributed by atoms with Crippen LogP contribution < -0.4 is 10.2 Å². The van der Waals surface area contributed by atoms with Gasteiger partial charge in [0.25, 0.3) is 11.6 Å². The first-order valence-electron chi connectivity index (χ1n) is 12.4. The van der Waals surface area contributed by atoms with E-state index in [0.717, 1.165) is 5.56 Å². The van der Waals surface area contributed by atoms with E-state index in [2.05, 4.69) is 5.32 Å². The molecule has 10 nitrogen and oxygen atoms in total. The number of sulfonamides is 1. The monoisotopic (exact) mass is 580 g/mol. The Kier molecular flexibility index (Phi) is 7.61. The lowest BCUT2D eigenvalue weighted by molar-refractivity contribution is -0.384. The lowest BCUT2D eigenvalue weighted by Gasteiger charge is -2.36. The smallest absolute Gasteiger partial charge is 0.291 e. The standard InChI is InChI=1S/C28H25ClN4O6S/c1-19-9-11-20(12-10-19)40(37,38)32-17-15-31(16-18-32)27-22(29)6-4-7-23(27)30-28(34)26-14-13-25(39-26)21-5-2-3-8-24(21)33(35)36/h2-14H,15-18H2,1H3,(H,30,34). The van der Waals surface area contributed by atoms with Crippen molar-refractivity contribution >= 4 is 44.6 Å². The number of nitrogens with one attached hydrogen (secondary N) is 1. The summed E-state index contributed by atoms with van der Waals surface area (Å²) in [5.74, 6) is -0.406. The van der Waals surface area contributed by atoms with Gasteiger partial charge in [-0.3, -0.25) is 14.9 Å². The Labute approximate surface area is 236 Å². The summed E-state index contributed by atoms with van der Waals surface area (Å²) in [6.45, 7) is 3.11. The molecule has 1 aromatic heterocycles. The maximum Gasteiger partial charge on any atom is 0.291 e. The normalized spacial score (nSPS) is 14.2. The average molecular weight is 581 g/mol. The van der Waals surface area contributed by atoms with E-state index in [4.69, 9.17) is 16.0 Å². The summed E-state index contributed by atoms with van der Waals surface area (Å²) in [6, 6.07) is 20.9. The topological polar surface area (TPSA) is 126 Å². The molecule has 1 N–H and O–H groups in total. The summed E-state index contributed by atoms with van der Waals surface area (Å²) in [7, 11) is -3.64.